The third kappa shape index (κ3) is 4.69. The predicted octanol–water partition coefficient (Wildman–Crippen LogP) is 2.64. The van der Waals surface area contributed by atoms with Crippen molar-refractivity contribution >= 4 is 17.5 Å². The van der Waals surface area contributed by atoms with Gasteiger partial charge in [-0.3, -0.25) is 4.79 Å². The molecule has 1 N–H and O–H groups in total. The van der Waals surface area contributed by atoms with E-state index in [1.54, 1.807) is 0 Å². The fourth-order valence-corrected chi connectivity index (χ4v) is 1.56. The summed E-state index contributed by atoms with van der Waals surface area (Å²) in [6, 6.07) is 3.81. The SMILES string of the molecule is O=C(Cc1cccc(F)c1F)NCCCCCl. The minimum atomic E-state index is -0.955. The van der Waals surface area contributed by atoms with Crippen molar-refractivity contribution in [1.82, 2.24) is 5.32 Å². The highest BCUT2D eigenvalue weighted by Crippen LogP contribution is 2.11. The minimum Gasteiger partial charge on any atom is -0.356 e. The van der Waals surface area contributed by atoms with E-state index in [9.17, 15) is 13.6 Å². The number of rotatable bonds is 6. The number of nitrogens with one attached hydrogen (secondary N) is 1. The summed E-state index contributed by atoms with van der Waals surface area (Å²) in [4.78, 5) is 11.4. The van der Waals surface area contributed by atoms with Gasteiger partial charge in [0.2, 0.25) is 5.91 Å². The van der Waals surface area contributed by atoms with Crippen LogP contribution in [0.3, 0.4) is 0 Å². The van der Waals surface area contributed by atoms with Gasteiger partial charge < -0.3 is 5.32 Å². The molecule has 1 amide bonds. The van der Waals surface area contributed by atoms with Crippen LogP contribution in [0.4, 0.5) is 8.78 Å². The van der Waals surface area contributed by atoms with E-state index in [2.05, 4.69) is 5.32 Å². The monoisotopic (exact) mass is 261 g/mol. The molecule has 1 aromatic carbocycles. The van der Waals surface area contributed by atoms with Gasteiger partial charge in [0.1, 0.15) is 0 Å². The van der Waals surface area contributed by atoms with Gasteiger partial charge in [-0.05, 0) is 18.9 Å². The third-order valence-electron chi connectivity index (χ3n) is 2.27. The number of carbonyl (C=O) groups is 1. The van der Waals surface area contributed by atoms with E-state index in [1.165, 1.54) is 12.1 Å². The first-order chi connectivity index (χ1) is 8.15. The fourth-order valence-electron chi connectivity index (χ4n) is 1.37. The Kier molecular flexibility index (Phi) is 5.91. The Balaban J connectivity index is 2.43. The van der Waals surface area contributed by atoms with Gasteiger partial charge in [-0.2, -0.15) is 0 Å². The second-order valence-corrected chi connectivity index (χ2v) is 4.01. The van der Waals surface area contributed by atoms with Gasteiger partial charge in [-0.25, -0.2) is 8.78 Å². The zero-order valence-electron chi connectivity index (χ0n) is 9.31. The Morgan fingerprint density at radius 1 is 1.29 bits per heavy atom. The van der Waals surface area contributed by atoms with Gasteiger partial charge in [-0.1, -0.05) is 12.1 Å². The van der Waals surface area contributed by atoms with Crippen molar-refractivity contribution in [2.24, 2.45) is 0 Å². The molecule has 5 heteroatoms. The maximum absolute atomic E-state index is 13.2. The zero-order chi connectivity index (χ0) is 12.7. The summed E-state index contributed by atoms with van der Waals surface area (Å²) in [6.45, 7) is 0.502. The van der Waals surface area contributed by atoms with Crippen LogP contribution in [0.15, 0.2) is 18.2 Å². The van der Waals surface area contributed by atoms with Crippen molar-refractivity contribution in [3.63, 3.8) is 0 Å². The van der Waals surface area contributed by atoms with Crippen molar-refractivity contribution in [3.05, 3.63) is 35.4 Å². The van der Waals surface area contributed by atoms with Gasteiger partial charge >= 0.3 is 0 Å². The van der Waals surface area contributed by atoms with Crippen LogP contribution in [0.1, 0.15) is 18.4 Å². The first-order valence-electron chi connectivity index (χ1n) is 5.40. The lowest BCUT2D eigenvalue weighted by Gasteiger charge is -2.05. The maximum atomic E-state index is 13.2. The average molecular weight is 262 g/mol. The normalized spacial score (nSPS) is 10.3. The average Bonchev–Trinajstić information content (AvgIpc) is 2.31. The zero-order valence-corrected chi connectivity index (χ0v) is 10.1. The molecule has 0 aliphatic rings. The highest BCUT2D eigenvalue weighted by Gasteiger charge is 2.10. The fraction of sp³-hybridized carbons (Fsp3) is 0.417. The molecule has 94 valence electrons. The van der Waals surface area contributed by atoms with Crippen LogP contribution in [0, 0.1) is 11.6 Å². The quantitative estimate of drug-likeness (QED) is 0.619. The number of alkyl halides is 1. The second-order valence-electron chi connectivity index (χ2n) is 3.64. The molecule has 17 heavy (non-hydrogen) atoms. The molecule has 0 radical (unpaired) electrons. The molecule has 0 saturated heterocycles. The van der Waals surface area contributed by atoms with Crippen LogP contribution in [0.25, 0.3) is 0 Å². The van der Waals surface area contributed by atoms with Crippen molar-refractivity contribution in [2.45, 2.75) is 19.3 Å². The van der Waals surface area contributed by atoms with Gasteiger partial charge in [0.05, 0.1) is 6.42 Å². The van der Waals surface area contributed by atoms with Crippen LogP contribution in [-0.2, 0) is 11.2 Å². The van der Waals surface area contributed by atoms with Crippen molar-refractivity contribution in [3.8, 4) is 0 Å². The molecule has 0 bridgehead atoms. The standard InChI is InChI=1S/C12H14ClF2NO/c13-6-1-2-7-16-11(17)8-9-4-3-5-10(14)12(9)15/h3-5H,1-2,6-8H2,(H,16,17). The van der Waals surface area contributed by atoms with Crippen LogP contribution in [0.5, 0.6) is 0 Å². The lowest BCUT2D eigenvalue weighted by molar-refractivity contribution is -0.120. The molecule has 1 aromatic rings. The Labute approximate surface area is 104 Å². The van der Waals surface area contributed by atoms with Gasteiger partial charge in [0.15, 0.2) is 11.6 Å². The maximum Gasteiger partial charge on any atom is 0.224 e. The molecule has 0 fully saturated rings. The molecule has 0 saturated carbocycles. The molecule has 0 unspecified atom stereocenters. The molecule has 0 aromatic heterocycles. The summed E-state index contributed by atoms with van der Waals surface area (Å²) in [5.41, 5.74) is 0.0693. The molecular formula is C12H14ClF2NO. The van der Waals surface area contributed by atoms with Crippen molar-refractivity contribution in [1.29, 1.82) is 0 Å². The van der Waals surface area contributed by atoms with E-state index in [0.717, 1.165) is 18.9 Å². The summed E-state index contributed by atoms with van der Waals surface area (Å²) >= 11 is 5.48. The minimum absolute atomic E-state index is 0.0693. The number of halogens is 3. The Bertz CT molecular complexity index is 385. The number of hydrogen-bond donors (Lipinski definition) is 1. The molecular weight excluding hydrogens is 248 g/mol. The number of amides is 1. The number of benzene rings is 1. The van der Waals surface area contributed by atoms with E-state index < -0.39 is 11.6 Å². The van der Waals surface area contributed by atoms with E-state index in [4.69, 9.17) is 11.6 Å². The summed E-state index contributed by atoms with van der Waals surface area (Å²) in [5, 5.41) is 2.63. The Morgan fingerprint density at radius 3 is 2.76 bits per heavy atom. The van der Waals surface area contributed by atoms with Gasteiger partial charge in [-0.15, -0.1) is 11.6 Å². The van der Waals surface area contributed by atoms with Gasteiger partial charge in [0, 0.05) is 18.0 Å². The topological polar surface area (TPSA) is 29.1 Å². The first kappa shape index (κ1) is 13.9. The molecule has 0 aliphatic heterocycles. The van der Waals surface area contributed by atoms with Gasteiger partial charge in [0.25, 0.3) is 0 Å². The van der Waals surface area contributed by atoms with Crippen LogP contribution < -0.4 is 5.32 Å². The number of hydrogen-bond acceptors (Lipinski definition) is 1. The highest BCUT2D eigenvalue weighted by molar-refractivity contribution is 6.17. The Hall–Kier alpha value is -1.16. The van der Waals surface area contributed by atoms with E-state index in [1.807, 2.05) is 0 Å². The Morgan fingerprint density at radius 2 is 2.06 bits per heavy atom. The highest BCUT2D eigenvalue weighted by atomic mass is 35.5. The lowest BCUT2D eigenvalue weighted by Crippen LogP contribution is -2.26. The van der Waals surface area contributed by atoms with E-state index in [-0.39, 0.29) is 17.9 Å². The van der Waals surface area contributed by atoms with Crippen molar-refractivity contribution in [2.75, 3.05) is 12.4 Å². The first-order valence-corrected chi connectivity index (χ1v) is 5.94. The molecule has 0 aliphatic carbocycles. The smallest absolute Gasteiger partial charge is 0.224 e. The number of unbranched alkanes of at least 4 members (excludes halogenated alkanes) is 1. The third-order valence-corrected chi connectivity index (χ3v) is 2.53. The summed E-state index contributed by atoms with van der Waals surface area (Å²) in [5.74, 6) is -1.65. The van der Waals surface area contributed by atoms with E-state index in [0.29, 0.717) is 12.4 Å². The second kappa shape index (κ2) is 7.22. The van der Waals surface area contributed by atoms with Crippen LogP contribution in [-0.4, -0.2) is 18.3 Å². The molecule has 0 heterocycles. The molecule has 0 spiro atoms. The largest absolute Gasteiger partial charge is 0.356 e. The lowest BCUT2D eigenvalue weighted by atomic mass is 10.1. The van der Waals surface area contributed by atoms with Crippen LogP contribution >= 0.6 is 11.6 Å². The van der Waals surface area contributed by atoms with Crippen LogP contribution in [0.2, 0.25) is 0 Å². The molecule has 1 rings (SSSR count). The summed E-state index contributed by atoms with van der Waals surface area (Å²) in [7, 11) is 0. The van der Waals surface area contributed by atoms with Crippen molar-refractivity contribution < 1.29 is 13.6 Å². The summed E-state index contributed by atoms with van der Waals surface area (Å²) in [6.07, 6.45) is 1.45. The predicted molar refractivity (Wildman–Crippen MR) is 63.0 cm³/mol. The molecule has 0 atom stereocenters. The molecule has 2 nitrogen and oxygen atoms in total. The summed E-state index contributed by atoms with van der Waals surface area (Å²) < 4.78 is 26.1. The van der Waals surface area contributed by atoms with E-state index >= 15 is 0 Å². The number of carbonyl (C=O) groups excluding carboxylic acids is 1.